The molecular formula is C10H15NO2. The van der Waals surface area contributed by atoms with Crippen molar-refractivity contribution in [2.75, 3.05) is 6.61 Å². The minimum absolute atomic E-state index is 0.0428. The molecule has 0 unspecified atom stereocenters. The van der Waals surface area contributed by atoms with Gasteiger partial charge in [0.05, 0.1) is 18.9 Å². The van der Waals surface area contributed by atoms with Crippen LogP contribution in [0.1, 0.15) is 19.5 Å². The number of hydrogen-bond acceptors (Lipinski definition) is 3. The highest BCUT2D eigenvalue weighted by molar-refractivity contribution is 5.15. The Morgan fingerprint density at radius 3 is 2.85 bits per heavy atom. The molecule has 0 atom stereocenters. The Morgan fingerprint density at radius 2 is 2.23 bits per heavy atom. The molecule has 3 heteroatoms. The van der Waals surface area contributed by atoms with Crippen LogP contribution in [0.15, 0.2) is 18.2 Å². The van der Waals surface area contributed by atoms with E-state index in [2.05, 4.69) is 18.8 Å². The number of nitrogens with zero attached hydrogens (tertiary/aromatic N) is 1. The zero-order valence-corrected chi connectivity index (χ0v) is 8.03. The summed E-state index contributed by atoms with van der Waals surface area (Å²) in [5.41, 5.74) is 0.640. The highest BCUT2D eigenvalue weighted by Gasteiger charge is 1.99. The molecule has 1 heterocycles. The van der Waals surface area contributed by atoms with Crippen LogP contribution in [0.25, 0.3) is 0 Å². The van der Waals surface area contributed by atoms with E-state index in [0.717, 1.165) is 0 Å². The van der Waals surface area contributed by atoms with Crippen LogP contribution in [0.4, 0.5) is 0 Å². The highest BCUT2D eigenvalue weighted by atomic mass is 16.5. The third-order valence-electron chi connectivity index (χ3n) is 1.51. The molecule has 0 radical (unpaired) electrons. The van der Waals surface area contributed by atoms with E-state index in [1.165, 1.54) is 0 Å². The molecule has 0 aliphatic heterocycles. The Kier molecular flexibility index (Phi) is 3.71. The summed E-state index contributed by atoms with van der Waals surface area (Å²) in [6.45, 7) is 4.77. The fraction of sp³-hybridized carbons (Fsp3) is 0.500. The van der Waals surface area contributed by atoms with Gasteiger partial charge >= 0.3 is 0 Å². The zero-order valence-electron chi connectivity index (χ0n) is 8.03. The predicted molar refractivity (Wildman–Crippen MR) is 50.5 cm³/mol. The number of aliphatic hydroxyl groups is 1. The van der Waals surface area contributed by atoms with Gasteiger partial charge in [0.2, 0.25) is 5.88 Å². The van der Waals surface area contributed by atoms with Crippen molar-refractivity contribution in [2.45, 2.75) is 20.5 Å². The van der Waals surface area contributed by atoms with Gasteiger partial charge < -0.3 is 9.84 Å². The molecule has 1 aromatic rings. The average molecular weight is 181 g/mol. The summed E-state index contributed by atoms with van der Waals surface area (Å²) < 4.78 is 5.39. The number of pyridine rings is 1. The molecule has 0 saturated carbocycles. The van der Waals surface area contributed by atoms with Gasteiger partial charge in [-0.25, -0.2) is 4.98 Å². The molecule has 1 N–H and O–H groups in total. The Hall–Kier alpha value is -1.09. The summed E-state index contributed by atoms with van der Waals surface area (Å²) in [4.78, 5) is 4.09. The van der Waals surface area contributed by atoms with Crippen molar-refractivity contribution < 1.29 is 9.84 Å². The second kappa shape index (κ2) is 4.82. The van der Waals surface area contributed by atoms with Crippen LogP contribution in [0, 0.1) is 5.92 Å². The smallest absolute Gasteiger partial charge is 0.213 e. The molecule has 72 valence electrons. The molecule has 1 rings (SSSR count). The Bertz CT molecular complexity index is 261. The minimum Gasteiger partial charge on any atom is -0.477 e. The van der Waals surface area contributed by atoms with E-state index in [0.29, 0.717) is 24.1 Å². The van der Waals surface area contributed by atoms with Crippen LogP contribution in [-0.4, -0.2) is 16.7 Å². The maximum absolute atomic E-state index is 8.82. The van der Waals surface area contributed by atoms with Crippen LogP contribution in [0.5, 0.6) is 5.88 Å². The fourth-order valence-corrected chi connectivity index (χ4v) is 0.878. The Morgan fingerprint density at radius 1 is 1.46 bits per heavy atom. The number of hydrogen-bond donors (Lipinski definition) is 1. The topological polar surface area (TPSA) is 42.4 Å². The fourth-order valence-electron chi connectivity index (χ4n) is 0.878. The molecule has 0 spiro atoms. The van der Waals surface area contributed by atoms with Gasteiger partial charge in [0.15, 0.2) is 0 Å². The van der Waals surface area contributed by atoms with E-state index >= 15 is 0 Å². The van der Waals surface area contributed by atoms with Crippen LogP contribution < -0.4 is 4.74 Å². The molecule has 0 bridgehead atoms. The third kappa shape index (κ3) is 3.42. The number of ether oxygens (including phenoxy) is 1. The van der Waals surface area contributed by atoms with Crippen molar-refractivity contribution in [3.63, 3.8) is 0 Å². The first-order valence-corrected chi connectivity index (χ1v) is 4.42. The summed E-state index contributed by atoms with van der Waals surface area (Å²) in [6, 6.07) is 5.39. The quantitative estimate of drug-likeness (QED) is 0.767. The molecule has 0 aliphatic rings. The monoisotopic (exact) mass is 181 g/mol. The molecule has 0 fully saturated rings. The van der Waals surface area contributed by atoms with E-state index in [9.17, 15) is 0 Å². The van der Waals surface area contributed by atoms with Crippen LogP contribution in [0.3, 0.4) is 0 Å². The highest BCUT2D eigenvalue weighted by Crippen LogP contribution is 2.08. The SMILES string of the molecule is CC(C)COc1cccc(CO)n1. The lowest BCUT2D eigenvalue weighted by atomic mass is 10.2. The standard InChI is InChI=1S/C10H15NO2/c1-8(2)7-13-10-5-3-4-9(6-12)11-10/h3-5,8,12H,6-7H2,1-2H3. The molecule has 0 amide bonds. The largest absolute Gasteiger partial charge is 0.477 e. The molecular weight excluding hydrogens is 166 g/mol. The molecule has 0 aromatic carbocycles. The summed E-state index contributed by atoms with van der Waals surface area (Å²) >= 11 is 0. The van der Waals surface area contributed by atoms with Gasteiger partial charge in [-0.1, -0.05) is 19.9 Å². The van der Waals surface area contributed by atoms with Crippen molar-refractivity contribution in [1.29, 1.82) is 0 Å². The summed E-state index contributed by atoms with van der Waals surface area (Å²) in [5.74, 6) is 1.07. The van der Waals surface area contributed by atoms with E-state index in [1.807, 2.05) is 6.07 Å². The van der Waals surface area contributed by atoms with Crippen LogP contribution in [-0.2, 0) is 6.61 Å². The van der Waals surface area contributed by atoms with Gasteiger partial charge in [-0.05, 0) is 12.0 Å². The number of aliphatic hydroxyl groups excluding tert-OH is 1. The summed E-state index contributed by atoms with van der Waals surface area (Å²) in [6.07, 6.45) is 0. The lowest BCUT2D eigenvalue weighted by molar-refractivity contribution is 0.251. The van der Waals surface area contributed by atoms with Crippen molar-refractivity contribution in [2.24, 2.45) is 5.92 Å². The van der Waals surface area contributed by atoms with Crippen molar-refractivity contribution in [3.05, 3.63) is 23.9 Å². The van der Waals surface area contributed by atoms with Gasteiger partial charge in [0, 0.05) is 6.07 Å². The Balaban J connectivity index is 2.56. The van der Waals surface area contributed by atoms with E-state index < -0.39 is 0 Å². The zero-order chi connectivity index (χ0) is 9.68. The first kappa shape index (κ1) is 9.99. The number of aromatic nitrogens is 1. The van der Waals surface area contributed by atoms with Crippen molar-refractivity contribution >= 4 is 0 Å². The maximum Gasteiger partial charge on any atom is 0.213 e. The van der Waals surface area contributed by atoms with Gasteiger partial charge in [0.1, 0.15) is 0 Å². The van der Waals surface area contributed by atoms with E-state index in [4.69, 9.17) is 9.84 Å². The van der Waals surface area contributed by atoms with Crippen molar-refractivity contribution in [3.8, 4) is 5.88 Å². The van der Waals surface area contributed by atoms with Crippen molar-refractivity contribution in [1.82, 2.24) is 4.98 Å². The van der Waals surface area contributed by atoms with Crippen LogP contribution >= 0.6 is 0 Å². The lowest BCUT2D eigenvalue weighted by Crippen LogP contribution is -2.06. The van der Waals surface area contributed by atoms with Gasteiger partial charge in [0.25, 0.3) is 0 Å². The first-order chi connectivity index (χ1) is 6.22. The third-order valence-corrected chi connectivity index (χ3v) is 1.51. The van der Waals surface area contributed by atoms with Gasteiger partial charge in [-0.15, -0.1) is 0 Å². The number of rotatable bonds is 4. The molecule has 0 aliphatic carbocycles. The lowest BCUT2D eigenvalue weighted by Gasteiger charge is -2.07. The van der Waals surface area contributed by atoms with Gasteiger partial charge in [-0.2, -0.15) is 0 Å². The summed E-state index contributed by atoms with van der Waals surface area (Å²) in [7, 11) is 0. The Labute approximate surface area is 78.4 Å². The summed E-state index contributed by atoms with van der Waals surface area (Å²) in [5, 5.41) is 8.82. The molecule has 0 saturated heterocycles. The average Bonchev–Trinajstić information content (AvgIpc) is 2.15. The van der Waals surface area contributed by atoms with Crippen LogP contribution in [0.2, 0.25) is 0 Å². The molecule has 13 heavy (non-hydrogen) atoms. The molecule has 3 nitrogen and oxygen atoms in total. The first-order valence-electron chi connectivity index (χ1n) is 4.42. The maximum atomic E-state index is 8.82. The van der Waals surface area contributed by atoms with Gasteiger partial charge in [-0.3, -0.25) is 0 Å². The normalized spacial score (nSPS) is 10.5. The minimum atomic E-state index is -0.0428. The van der Waals surface area contributed by atoms with E-state index in [-0.39, 0.29) is 6.61 Å². The predicted octanol–water partition coefficient (Wildman–Crippen LogP) is 1.61. The van der Waals surface area contributed by atoms with E-state index in [1.54, 1.807) is 12.1 Å². The second-order valence-electron chi connectivity index (χ2n) is 3.33. The second-order valence-corrected chi connectivity index (χ2v) is 3.33. The molecule has 1 aromatic heterocycles.